The topological polar surface area (TPSA) is 21.3 Å². The zero-order chi connectivity index (χ0) is 9.19. The number of methoxy groups -OCH3 is 1. The van der Waals surface area contributed by atoms with Gasteiger partial charge in [0, 0.05) is 13.2 Å². The molecule has 0 spiro atoms. The average Bonchev–Trinajstić information content (AvgIpc) is 2.60. The van der Waals surface area contributed by atoms with Crippen molar-refractivity contribution in [3.8, 4) is 0 Å². The maximum Gasteiger partial charge on any atom is 0.0618 e. The molecule has 1 aliphatic rings. The van der Waals surface area contributed by atoms with E-state index in [1.807, 2.05) is 0 Å². The summed E-state index contributed by atoms with van der Waals surface area (Å²) in [5, 5.41) is 3.48. The Balaban J connectivity index is 2.34. The van der Waals surface area contributed by atoms with E-state index in [0.717, 1.165) is 19.1 Å². The van der Waals surface area contributed by atoms with Crippen LogP contribution in [0.4, 0.5) is 0 Å². The highest BCUT2D eigenvalue weighted by Crippen LogP contribution is 2.53. The third-order valence-electron chi connectivity index (χ3n) is 2.89. The Morgan fingerprint density at radius 3 is 2.50 bits per heavy atom. The van der Waals surface area contributed by atoms with Gasteiger partial charge in [-0.25, -0.2) is 0 Å². The van der Waals surface area contributed by atoms with Crippen LogP contribution in [0.25, 0.3) is 0 Å². The number of likely N-dealkylation sites (N-methyl/N-ethyl adjacent to an activating group) is 1. The van der Waals surface area contributed by atoms with Crippen molar-refractivity contribution in [1.82, 2.24) is 5.32 Å². The zero-order valence-corrected chi connectivity index (χ0v) is 8.68. The molecule has 2 nitrogen and oxygen atoms in total. The lowest BCUT2D eigenvalue weighted by Gasteiger charge is -2.18. The monoisotopic (exact) mass is 171 g/mol. The van der Waals surface area contributed by atoms with Gasteiger partial charge in [0.05, 0.1) is 6.61 Å². The maximum absolute atomic E-state index is 5.19. The summed E-state index contributed by atoms with van der Waals surface area (Å²) in [5.74, 6) is 0.817. The Labute approximate surface area is 75.7 Å². The molecule has 0 aliphatic heterocycles. The van der Waals surface area contributed by atoms with Crippen LogP contribution in [-0.2, 0) is 4.74 Å². The molecule has 0 amide bonds. The lowest BCUT2D eigenvalue weighted by molar-refractivity contribution is 0.152. The third kappa shape index (κ3) is 2.20. The van der Waals surface area contributed by atoms with Gasteiger partial charge < -0.3 is 10.1 Å². The highest BCUT2D eigenvalue weighted by Gasteiger charge is 2.49. The highest BCUT2D eigenvalue weighted by atomic mass is 16.5. The van der Waals surface area contributed by atoms with Crippen molar-refractivity contribution in [2.75, 3.05) is 20.3 Å². The summed E-state index contributed by atoms with van der Waals surface area (Å²) in [7, 11) is 1.78. The first kappa shape index (κ1) is 10.0. The highest BCUT2D eigenvalue weighted by molar-refractivity contribution is 5.01. The molecule has 12 heavy (non-hydrogen) atoms. The second-order valence-electron chi connectivity index (χ2n) is 4.42. The maximum atomic E-state index is 5.19. The summed E-state index contributed by atoms with van der Waals surface area (Å²) in [6.07, 6.45) is 1.34. The molecule has 2 unspecified atom stereocenters. The van der Waals surface area contributed by atoms with E-state index >= 15 is 0 Å². The smallest absolute Gasteiger partial charge is 0.0618 e. The zero-order valence-electron chi connectivity index (χ0n) is 8.68. The summed E-state index contributed by atoms with van der Waals surface area (Å²) in [5.41, 5.74) is 0.547. The van der Waals surface area contributed by atoms with Gasteiger partial charge in [0.25, 0.3) is 0 Å². The quantitative estimate of drug-likeness (QED) is 0.679. The van der Waals surface area contributed by atoms with Crippen LogP contribution in [0, 0.1) is 11.3 Å². The van der Waals surface area contributed by atoms with Crippen molar-refractivity contribution in [2.45, 2.75) is 33.2 Å². The Kier molecular flexibility index (Phi) is 3.13. The molecule has 1 saturated carbocycles. The summed E-state index contributed by atoms with van der Waals surface area (Å²) < 4.78 is 5.19. The molecular weight excluding hydrogens is 150 g/mol. The Morgan fingerprint density at radius 2 is 2.17 bits per heavy atom. The molecular formula is C10H21NO. The van der Waals surface area contributed by atoms with Crippen molar-refractivity contribution in [3.63, 3.8) is 0 Å². The van der Waals surface area contributed by atoms with Crippen molar-refractivity contribution in [3.05, 3.63) is 0 Å². The summed E-state index contributed by atoms with van der Waals surface area (Å²) in [6.45, 7) is 8.70. The predicted molar refractivity (Wildman–Crippen MR) is 51.2 cm³/mol. The molecule has 1 fully saturated rings. The number of rotatable bonds is 5. The Hall–Kier alpha value is -0.0800. The van der Waals surface area contributed by atoms with Crippen molar-refractivity contribution in [1.29, 1.82) is 0 Å². The fraction of sp³-hybridized carbons (Fsp3) is 1.00. The van der Waals surface area contributed by atoms with Gasteiger partial charge >= 0.3 is 0 Å². The van der Waals surface area contributed by atoms with E-state index in [1.54, 1.807) is 7.11 Å². The largest absolute Gasteiger partial charge is 0.383 e. The van der Waals surface area contributed by atoms with Gasteiger partial charge in [-0.2, -0.15) is 0 Å². The molecule has 0 bridgehead atoms. The van der Waals surface area contributed by atoms with Gasteiger partial charge in [-0.15, -0.1) is 0 Å². The molecule has 0 aromatic heterocycles. The molecule has 1 rings (SSSR count). The first-order valence-electron chi connectivity index (χ1n) is 4.84. The average molecular weight is 171 g/mol. The second kappa shape index (κ2) is 3.75. The normalized spacial score (nSPS) is 28.5. The summed E-state index contributed by atoms with van der Waals surface area (Å²) >= 11 is 0. The summed E-state index contributed by atoms with van der Waals surface area (Å²) in [4.78, 5) is 0. The Morgan fingerprint density at radius 1 is 1.58 bits per heavy atom. The van der Waals surface area contributed by atoms with Crippen LogP contribution in [0.3, 0.4) is 0 Å². The van der Waals surface area contributed by atoms with E-state index in [0.29, 0.717) is 11.5 Å². The van der Waals surface area contributed by atoms with Crippen LogP contribution in [0.1, 0.15) is 27.2 Å². The third-order valence-corrected chi connectivity index (χ3v) is 2.89. The molecule has 2 heteroatoms. The van der Waals surface area contributed by atoms with Crippen molar-refractivity contribution in [2.24, 2.45) is 11.3 Å². The van der Waals surface area contributed by atoms with Crippen LogP contribution in [-0.4, -0.2) is 26.3 Å². The van der Waals surface area contributed by atoms with Crippen molar-refractivity contribution < 1.29 is 4.74 Å². The van der Waals surface area contributed by atoms with Gasteiger partial charge in [0.2, 0.25) is 0 Å². The molecule has 0 aromatic carbocycles. The molecule has 2 atom stereocenters. The molecule has 0 radical (unpaired) electrons. The van der Waals surface area contributed by atoms with E-state index in [2.05, 4.69) is 26.1 Å². The van der Waals surface area contributed by atoms with Crippen LogP contribution in [0.5, 0.6) is 0 Å². The van der Waals surface area contributed by atoms with Gasteiger partial charge in [0.1, 0.15) is 0 Å². The lowest BCUT2D eigenvalue weighted by Crippen LogP contribution is -2.36. The van der Waals surface area contributed by atoms with E-state index in [-0.39, 0.29) is 0 Å². The van der Waals surface area contributed by atoms with E-state index in [9.17, 15) is 0 Å². The molecule has 1 N–H and O–H groups in total. The second-order valence-corrected chi connectivity index (χ2v) is 4.42. The van der Waals surface area contributed by atoms with Crippen LogP contribution < -0.4 is 5.32 Å². The molecule has 0 saturated heterocycles. The lowest BCUT2D eigenvalue weighted by atomic mass is 10.0. The van der Waals surface area contributed by atoms with Crippen LogP contribution in [0.2, 0.25) is 0 Å². The number of hydrogen-bond donors (Lipinski definition) is 1. The predicted octanol–water partition coefficient (Wildman–Crippen LogP) is 1.66. The van der Waals surface area contributed by atoms with E-state index in [1.165, 1.54) is 6.42 Å². The van der Waals surface area contributed by atoms with E-state index in [4.69, 9.17) is 4.74 Å². The molecule has 1 aliphatic carbocycles. The van der Waals surface area contributed by atoms with Gasteiger partial charge in [0.15, 0.2) is 0 Å². The van der Waals surface area contributed by atoms with E-state index < -0.39 is 0 Å². The number of hydrogen-bond acceptors (Lipinski definition) is 2. The van der Waals surface area contributed by atoms with Gasteiger partial charge in [-0.3, -0.25) is 0 Å². The first-order valence-corrected chi connectivity index (χ1v) is 4.84. The van der Waals surface area contributed by atoms with Crippen LogP contribution in [0.15, 0.2) is 0 Å². The summed E-state index contributed by atoms with van der Waals surface area (Å²) in [6, 6.07) is 0.565. The first-order chi connectivity index (χ1) is 5.61. The molecule has 0 aromatic rings. The fourth-order valence-corrected chi connectivity index (χ4v) is 1.95. The SMILES string of the molecule is CCNC(COC)C1CC1(C)C. The van der Waals surface area contributed by atoms with Crippen molar-refractivity contribution >= 4 is 0 Å². The molecule has 72 valence electrons. The minimum absolute atomic E-state index is 0.547. The minimum Gasteiger partial charge on any atom is -0.383 e. The minimum atomic E-state index is 0.547. The number of nitrogens with one attached hydrogen (secondary N) is 1. The van der Waals surface area contributed by atoms with Crippen LogP contribution >= 0.6 is 0 Å². The Bertz CT molecular complexity index is 139. The van der Waals surface area contributed by atoms with Gasteiger partial charge in [-0.05, 0) is 24.3 Å². The molecule has 0 heterocycles. The number of ether oxygens (including phenoxy) is 1. The fourth-order valence-electron chi connectivity index (χ4n) is 1.95. The van der Waals surface area contributed by atoms with Gasteiger partial charge in [-0.1, -0.05) is 20.8 Å². The standard InChI is InChI=1S/C10H21NO/c1-5-11-9(7-12-4)8-6-10(8,2)3/h8-9,11H,5-7H2,1-4H3.